The second-order valence-electron chi connectivity index (χ2n) is 2.96. The molecule has 1 heterocycles. The normalized spacial score (nSPS) is 10.1. The highest BCUT2D eigenvalue weighted by molar-refractivity contribution is 5.97. The maximum Gasteiger partial charge on any atom is 0.179 e. The fraction of sp³-hybridized carbons (Fsp3) is 0.100. The minimum absolute atomic E-state index is 0.0612. The van der Waals surface area contributed by atoms with Crippen LogP contribution in [0.5, 0.6) is 0 Å². The molecule has 2 rings (SSSR count). The molecule has 0 aliphatic rings. The van der Waals surface area contributed by atoms with Gasteiger partial charge in [-0.2, -0.15) is 0 Å². The van der Waals surface area contributed by atoms with Crippen molar-refractivity contribution >= 4 is 5.78 Å². The molecule has 0 bridgehead atoms. The number of rotatable bonds is 2. The molecule has 4 nitrogen and oxygen atoms in total. The molecule has 0 radical (unpaired) electrons. The number of benzene rings is 1. The maximum absolute atomic E-state index is 11.2. The van der Waals surface area contributed by atoms with Gasteiger partial charge >= 0.3 is 0 Å². The third kappa shape index (κ3) is 1.42. The van der Waals surface area contributed by atoms with E-state index in [0.29, 0.717) is 11.4 Å². The summed E-state index contributed by atoms with van der Waals surface area (Å²) in [4.78, 5) is 11.2. The second kappa shape index (κ2) is 3.41. The SMILES string of the molecule is CC(=O)c1[nH]nnc1-c1ccccc1. The highest BCUT2D eigenvalue weighted by Gasteiger charge is 2.12. The number of nitrogens with zero attached hydrogens (tertiary/aromatic N) is 2. The Bertz CT molecular complexity index is 447. The lowest BCUT2D eigenvalue weighted by Gasteiger charge is -1.96. The van der Waals surface area contributed by atoms with Crippen LogP contribution in [0.4, 0.5) is 0 Å². The van der Waals surface area contributed by atoms with Crippen molar-refractivity contribution < 1.29 is 4.79 Å². The highest BCUT2D eigenvalue weighted by Crippen LogP contribution is 2.18. The van der Waals surface area contributed by atoms with Gasteiger partial charge in [-0.05, 0) is 0 Å². The van der Waals surface area contributed by atoms with Gasteiger partial charge in [0.25, 0.3) is 0 Å². The van der Waals surface area contributed by atoms with Gasteiger partial charge < -0.3 is 0 Å². The fourth-order valence-corrected chi connectivity index (χ4v) is 1.27. The number of hydrogen-bond donors (Lipinski definition) is 1. The Morgan fingerprint density at radius 1 is 1.29 bits per heavy atom. The third-order valence-corrected chi connectivity index (χ3v) is 1.95. The van der Waals surface area contributed by atoms with Crippen LogP contribution in [-0.2, 0) is 0 Å². The first-order valence-electron chi connectivity index (χ1n) is 4.26. The molecule has 1 aromatic carbocycles. The molecular formula is C10H9N3O. The number of hydrogen-bond acceptors (Lipinski definition) is 3. The van der Waals surface area contributed by atoms with Gasteiger partial charge in [0, 0.05) is 12.5 Å². The van der Waals surface area contributed by atoms with Gasteiger partial charge in [-0.15, -0.1) is 5.10 Å². The number of aromatic amines is 1. The van der Waals surface area contributed by atoms with Crippen LogP contribution in [-0.4, -0.2) is 21.2 Å². The lowest BCUT2D eigenvalue weighted by atomic mass is 10.1. The summed E-state index contributed by atoms with van der Waals surface area (Å²) in [5, 5.41) is 10.1. The molecule has 0 unspecified atom stereocenters. The minimum Gasteiger partial charge on any atom is -0.293 e. The van der Waals surface area contributed by atoms with Crippen molar-refractivity contribution in [1.29, 1.82) is 0 Å². The van der Waals surface area contributed by atoms with Gasteiger partial charge in [-0.25, -0.2) is 0 Å². The quantitative estimate of drug-likeness (QED) is 0.727. The Hall–Kier alpha value is -1.97. The zero-order chi connectivity index (χ0) is 9.97. The summed E-state index contributed by atoms with van der Waals surface area (Å²) >= 11 is 0. The van der Waals surface area contributed by atoms with Crippen LogP contribution in [0.25, 0.3) is 11.3 Å². The van der Waals surface area contributed by atoms with E-state index in [-0.39, 0.29) is 5.78 Å². The van der Waals surface area contributed by atoms with Crippen LogP contribution in [0.1, 0.15) is 17.4 Å². The number of nitrogens with one attached hydrogen (secondary N) is 1. The smallest absolute Gasteiger partial charge is 0.179 e. The van der Waals surface area contributed by atoms with E-state index < -0.39 is 0 Å². The molecule has 70 valence electrons. The van der Waals surface area contributed by atoms with E-state index in [1.165, 1.54) is 6.92 Å². The number of aromatic nitrogens is 3. The van der Waals surface area contributed by atoms with E-state index >= 15 is 0 Å². The van der Waals surface area contributed by atoms with Crippen LogP contribution < -0.4 is 0 Å². The summed E-state index contributed by atoms with van der Waals surface area (Å²) < 4.78 is 0. The predicted octanol–water partition coefficient (Wildman–Crippen LogP) is 1.67. The fourth-order valence-electron chi connectivity index (χ4n) is 1.27. The van der Waals surface area contributed by atoms with Gasteiger partial charge in [0.15, 0.2) is 5.78 Å². The van der Waals surface area contributed by atoms with Crippen molar-refractivity contribution in [3.05, 3.63) is 36.0 Å². The molecule has 1 aromatic heterocycles. The second-order valence-corrected chi connectivity index (χ2v) is 2.96. The molecule has 0 saturated carbocycles. The van der Waals surface area contributed by atoms with Gasteiger partial charge in [0.1, 0.15) is 11.4 Å². The summed E-state index contributed by atoms with van der Waals surface area (Å²) in [6, 6.07) is 9.49. The van der Waals surface area contributed by atoms with Crippen LogP contribution in [0, 0.1) is 0 Å². The molecule has 0 aliphatic carbocycles. The average molecular weight is 187 g/mol. The van der Waals surface area contributed by atoms with Gasteiger partial charge in [0.05, 0.1) is 0 Å². The minimum atomic E-state index is -0.0612. The third-order valence-electron chi connectivity index (χ3n) is 1.95. The van der Waals surface area contributed by atoms with Crippen LogP contribution in [0.15, 0.2) is 30.3 Å². The molecule has 14 heavy (non-hydrogen) atoms. The summed E-state index contributed by atoms with van der Waals surface area (Å²) in [7, 11) is 0. The Morgan fingerprint density at radius 3 is 2.64 bits per heavy atom. The molecule has 1 N–H and O–H groups in total. The first kappa shape index (κ1) is 8.62. The summed E-state index contributed by atoms with van der Waals surface area (Å²) in [5.41, 5.74) is 1.96. The molecule has 0 aliphatic heterocycles. The lowest BCUT2D eigenvalue weighted by Crippen LogP contribution is -1.95. The largest absolute Gasteiger partial charge is 0.293 e. The number of ketones is 1. The van der Waals surface area contributed by atoms with Crippen molar-refractivity contribution in [2.45, 2.75) is 6.92 Å². The van der Waals surface area contributed by atoms with Crippen molar-refractivity contribution in [3.63, 3.8) is 0 Å². The van der Waals surface area contributed by atoms with E-state index in [4.69, 9.17) is 0 Å². The van der Waals surface area contributed by atoms with Crippen molar-refractivity contribution in [2.24, 2.45) is 0 Å². The number of H-pyrrole nitrogens is 1. The first-order chi connectivity index (χ1) is 6.79. The van der Waals surface area contributed by atoms with Gasteiger partial charge in [-0.1, -0.05) is 35.5 Å². The Balaban J connectivity index is 2.52. The van der Waals surface area contributed by atoms with Gasteiger partial charge in [-0.3, -0.25) is 9.89 Å². The van der Waals surface area contributed by atoms with Crippen LogP contribution in [0.3, 0.4) is 0 Å². The van der Waals surface area contributed by atoms with E-state index in [2.05, 4.69) is 15.4 Å². The first-order valence-corrected chi connectivity index (χ1v) is 4.26. The molecule has 0 saturated heterocycles. The number of Topliss-reactive ketones (excluding diaryl/α,β-unsaturated/α-hetero) is 1. The zero-order valence-electron chi connectivity index (χ0n) is 7.69. The van der Waals surface area contributed by atoms with Crippen molar-refractivity contribution in [1.82, 2.24) is 15.4 Å². The molecular weight excluding hydrogens is 178 g/mol. The molecule has 0 spiro atoms. The summed E-state index contributed by atoms with van der Waals surface area (Å²) in [6.45, 7) is 1.49. The van der Waals surface area contributed by atoms with Gasteiger partial charge in [0.2, 0.25) is 0 Å². The highest BCUT2D eigenvalue weighted by atomic mass is 16.1. The van der Waals surface area contributed by atoms with E-state index in [1.54, 1.807) is 0 Å². The molecule has 4 heteroatoms. The van der Waals surface area contributed by atoms with Crippen molar-refractivity contribution in [3.8, 4) is 11.3 Å². The lowest BCUT2D eigenvalue weighted by molar-refractivity contribution is 0.101. The average Bonchev–Trinajstić information content (AvgIpc) is 2.67. The zero-order valence-corrected chi connectivity index (χ0v) is 7.69. The van der Waals surface area contributed by atoms with Crippen molar-refractivity contribution in [2.75, 3.05) is 0 Å². The Labute approximate surface area is 81.0 Å². The Kier molecular flexibility index (Phi) is 2.10. The summed E-state index contributed by atoms with van der Waals surface area (Å²) in [6.07, 6.45) is 0. The molecule has 0 fully saturated rings. The predicted molar refractivity (Wildman–Crippen MR) is 51.8 cm³/mol. The maximum atomic E-state index is 11.2. The molecule has 0 atom stereocenters. The molecule has 0 amide bonds. The Morgan fingerprint density at radius 2 is 2.00 bits per heavy atom. The molecule has 2 aromatic rings. The van der Waals surface area contributed by atoms with E-state index in [9.17, 15) is 4.79 Å². The standard InChI is InChI=1S/C10H9N3O/c1-7(14)9-10(12-13-11-9)8-5-3-2-4-6-8/h2-6H,1H3,(H,11,12,13). The van der Waals surface area contributed by atoms with Crippen LogP contribution >= 0.6 is 0 Å². The van der Waals surface area contributed by atoms with Crippen LogP contribution in [0.2, 0.25) is 0 Å². The number of carbonyl (C=O) groups is 1. The van der Waals surface area contributed by atoms with E-state index in [1.807, 2.05) is 30.3 Å². The van der Waals surface area contributed by atoms with E-state index in [0.717, 1.165) is 5.56 Å². The number of carbonyl (C=O) groups excluding carboxylic acids is 1. The topological polar surface area (TPSA) is 58.6 Å². The summed E-state index contributed by atoms with van der Waals surface area (Å²) in [5.74, 6) is -0.0612. The monoisotopic (exact) mass is 187 g/mol.